The minimum Gasteiger partial charge on any atom is -0.493 e. The van der Waals surface area contributed by atoms with Gasteiger partial charge in [-0.05, 0) is 75.9 Å². The number of aliphatic carboxylic acids is 1. The first-order valence-electron chi connectivity index (χ1n) is 11.1. The van der Waals surface area contributed by atoms with Gasteiger partial charge in [-0.1, -0.05) is 13.8 Å². The van der Waals surface area contributed by atoms with Gasteiger partial charge in [0, 0.05) is 18.1 Å². The molecule has 0 amide bonds. The van der Waals surface area contributed by atoms with Crippen molar-refractivity contribution in [2.75, 3.05) is 6.61 Å². The molecule has 0 radical (unpaired) electrons. The van der Waals surface area contributed by atoms with Gasteiger partial charge in [-0.15, -0.1) is 0 Å². The number of carboxylic acids is 1. The first kappa shape index (κ1) is 25.2. The first-order valence-corrected chi connectivity index (χ1v) is 11.1. The van der Waals surface area contributed by atoms with Gasteiger partial charge in [0.15, 0.2) is 5.78 Å². The first-order chi connectivity index (χ1) is 15.1. The molecule has 0 bridgehead atoms. The quantitative estimate of drug-likeness (QED) is 0.434. The molecule has 174 valence electrons. The maximum absolute atomic E-state index is 13.4. The lowest BCUT2D eigenvalue weighted by atomic mass is 9.98. The van der Waals surface area contributed by atoms with Crippen molar-refractivity contribution in [2.45, 2.75) is 66.6 Å². The normalized spacial score (nSPS) is 11.2. The standard InChI is InChI=1S/C26H34O6/c1-16(2)15-30-23-11-7-20(13-19(23)8-12-25(27)28)26(29)22-10-9-21(31-17(3)4)14-24(22)32-18(5)6/h7,9-11,13-14,16-18H,8,12,15H2,1-6H3,(H,27,28). The predicted molar refractivity (Wildman–Crippen MR) is 124 cm³/mol. The molecule has 6 nitrogen and oxygen atoms in total. The van der Waals surface area contributed by atoms with Crippen LogP contribution in [0.25, 0.3) is 0 Å². The van der Waals surface area contributed by atoms with Gasteiger partial charge < -0.3 is 19.3 Å². The van der Waals surface area contributed by atoms with Crippen LogP contribution in [0.2, 0.25) is 0 Å². The summed E-state index contributed by atoms with van der Waals surface area (Å²) < 4.78 is 17.5. The van der Waals surface area contributed by atoms with Gasteiger partial charge in [0.1, 0.15) is 17.2 Å². The molecule has 2 rings (SSSR count). The number of hydrogen-bond acceptors (Lipinski definition) is 5. The maximum Gasteiger partial charge on any atom is 0.303 e. The Morgan fingerprint density at radius 2 is 1.56 bits per heavy atom. The fourth-order valence-electron chi connectivity index (χ4n) is 3.10. The van der Waals surface area contributed by atoms with Crippen molar-refractivity contribution < 1.29 is 28.9 Å². The number of carbonyl (C=O) groups is 2. The second-order valence-corrected chi connectivity index (χ2v) is 8.74. The third kappa shape index (κ3) is 7.59. The Morgan fingerprint density at radius 1 is 0.875 bits per heavy atom. The van der Waals surface area contributed by atoms with Gasteiger partial charge in [-0.25, -0.2) is 0 Å². The fraction of sp³-hybridized carbons (Fsp3) is 0.462. The molecule has 2 aromatic carbocycles. The lowest BCUT2D eigenvalue weighted by Gasteiger charge is -2.17. The van der Waals surface area contributed by atoms with Gasteiger partial charge in [0.2, 0.25) is 0 Å². The number of benzene rings is 2. The van der Waals surface area contributed by atoms with Crippen molar-refractivity contribution in [2.24, 2.45) is 5.92 Å². The van der Waals surface area contributed by atoms with Gasteiger partial charge in [0.25, 0.3) is 0 Å². The highest BCUT2D eigenvalue weighted by molar-refractivity contribution is 6.11. The highest BCUT2D eigenvalue weighted by Crippen LogP contribution is 2.30. The predicted octanol–water partition coefficient (Wildman–Crippen LogP) is 5.54. The number of carbonyl (C=O) groups excluding carboxylic acids is 1. The largest absolute Gasteiger partial charge is 0.493 e. The Hall–Kier alpha value is -3.02. The highest BCUT2D eigenvalue weighted by Gasteiger charge is 2.19. The smallest absolute Gasteiger partial charge is 0.303 e. The van der Waals surface area contributed by atoms with Crippen molar-refractivity contribution in [1.82, 2.24) is 0 Å². The van der Waals surface area contributed by atoms with Crippen LogP contribution >= 0.6 is 0 Å². The van der Waals surface area contributed by atoms with Gasteiger partial charge in [0.05, 0.1) is 24.4 Å². The second kappa shape index (κ2) is 11.6. The topological polar surface area (TPSA) is 82.1 Å². The molecule has 6 heteroatoms. The molecule has 0 atom stereocenters. The molecule has 0 aliphatic rings. The molecule has 0 fully saturated rings. The van der Waals surface area contributed by atoms with E-state index in [2.05, 4.69) is 0 Å². The van der Waals surface area contributed by atoms with Crippen LogP contribution in [0.1, 0.15) is 69.4 Å². The summed E-state index contributed by atoms with van der Waals surface area (Å²) in [6.45, 7) is 12.3. The number of rotatable bonds is 12. The molecular formula is C26H34O6. The Kier molecular flexibility index (Phi) is 9.12. The summed E-state index contributed by atoms with van der Waals surface area (Å²) in [5, 5.41) is 9.11. The molecule has 0 spiro atoms. The van der Waals surface area contributed by atoms with Crippen molar-refractivity contribution in [3.63, 3.8) is 0 Å². The van der Waals surface area contributed by atoms with Crippen LogP contribution in [0.5, 0.6) is 17.2 Å². The molecular weight excluding hydrogens is 408 g/mol. The van der Waals surface area contributed by atoms with E-state index >= 15 is 0 Å². The lowest BCUT2D eigenvalue weighted by molar-refractivity contribution is -0.136. The van der Waals surface area contributed by atoms with Crippen LogP contribution in [-0.2, 0) is 11.2 Å². The Labute approximate surface area is 190 Å². The summed E-state index contributed by atoms with van der Waals surface area (Å²) in [6.07, 6.45) is 0.117. The van der Waals surface area contributed by atoms with Gasteiger partial charge >= 0.3 is 5.97 Å². The summed E-state index contributed by atoms with van der Waals surface area (Å²) >= 11 is 0. The minimum absolute atomic E-state index is 0.00127. The van der Waals surface area contributed by atoms with E-state index in [0.29, 0.717) is 46.5 Å². The van der Waals surface area contributed by atoms with E-state index in [1.165, 1.54) is 0 Å². The van der Waals surface area contributed by atoms with Crippen molar-refractivity contribution in [3.05, 3.63) is 53.1 Å². The van der Waals surface area contributed by atoms with Crippen molar-refractivity contribution in [1.29, 1.82) is 0 Å². The zero-order valence-electron chi connectivity index (χ0n) is 19.8. The van der Waals surface area contributed by atoms with Crippen LogP contribution in [0, 0.1) is 5.92 Å². The number of carboxylic acid groups (broad SMARTS) is 1. The molecule has 0 saturated heterocycles. The average Bonchev–Trinajstić information content (AvgIpc) is 2.69. The third-order valence-corrected chi connectivity index (χ3v) is 4.44. The van der Waals surface area contributed by atoms with Crippen molar-refractivity contribution in [3.8, 4) is 17.2 Å². The molecule has 2 aromatic rings. The monoisotopic (exact) mass is 442 g/mol. The molecule has 0 unspecified atom stereocenters. The fourth-order valence-corrected chi connectivity index (χ4v) is 3.10. The number of aryl methyl sites for hydroxylation is 1. The van der Waals surface area contributed by atoms with Gasteiger partial charge in [-0.3, -0.25) is 9.59 Å². The lowest BCUT2D eigenvalue weighted by Crippen LogP contribution is -2.13. The van der Waals surface area contributed by atoms with Crippen LogP contribution < -0.4 is 14.2 Å². The van der Waals surface area contributed by atoms with Crippen LogP contribution in [0.15, 0.2) is 36.4 Å². The zero-order chi connectivity index (χ0) is 23.8. The van der Waals surface area contributed by atoms with Crippen LogP contribution in [0.3, 0.4) is 0 Å². The summed E-state index contributed by atoms with van der Waals surface area (Å²) in [4.78, 5) is 24.5. The van der Waals surface area contributed by atoms with E-state index in [1.807, 2.05) is 41.5 Å². The van der Waals surface area contributed by atoms with E-state index in [9.17, 15) is 9.59 Å². The summed E-state index contributed by atoms with van der Waals surface area (Å²) in [5.41, 5.74) is 1.58. The molecule has 0 aromatic heterocycles. The van der Waals surface area contributed by atoms with Crippen LogP contribution in [-0.4, -0.2) is 35.7 Å². The highest BCUT2D eigenvalue weighted by atomic mass is 16.5. The van der Waals surface area contributed by atoms with E-state index < -0.39 is 5.97 Å². The third-order valence-electron chi connectivity index (χ3n) is 4.44. The molecule has 0 aliphatic heterocycles. The minimum atomic E-state index is -0.898. The number of ether oxygens (including phenoxy) is 3. The summed E-state index contributed by atoms with van der Waals surface area (Å²) in [7, 11) is 0. The maximum atomic E-state index is 13.4. The van der Waals surface area contributed by atoms with E-state index in [1.54, 1.807) is 36.4 Å². The Bertz CT molecular complexity index is 930. The molecule has 0 heterocycles. The van der Waals surface area contributed by atoms with E-state index in [-0.39, 0.29) is 30.8 Å². The second-order valence-electron chi connectivity index (χ2n) is 8.74. The SMILES string of the molecule is CC(C)COc1ccc(C(=O)c2ccc(OC(C)C)cc2OC(C)C)cc1CCC(=O)O. The van der Waals surface area contributed by atoms with E-state index in [4.69, 9.17) is 19.3 Å². The summed E-state index contributed by atoms with van der Waals surface area (Å²) in [5.74, 6) is 0.914. The van der Waals surface area contributed by atoms with Crippen molar-refractivity contribution >= 4 is 11.8 Å². The Balaban J connectivity index is 2.41. The van der Waals surface area contributed by atoms with E-state index in [0.717, 1.165) is 0 Å². The Morgan fingerprint density at radius 3 is 2.16 bits per heavy atom. The molecule has 0 aliphatic carbocycles. The number of hydrogen-bond donors (Lipinski definition) is 1. The average molecular weight is 443 g/mol. The molecule has 32 heavy (non-hydrogen) atoms. The van der Waals surface area contributed by atoms with Gasteiger partial charge in [-0.2, -0.15) is 0 Å². The van der Waals surface area contributed by atoms with Crippen LogP contribution in [0.4, 0.5) is 0 Å². The zero-order valence-corrected chi connectivity index (χ0v) is 19.8. The number of ketones is 1. The molecule has 0 saturated carbocycles. The summed E-state index contributed by atoms with van der Waals surface area (Å²) in [6, 6.07) is 10.4. The molecule has 1 N–H and O–H groups in total.